The lowest BCUT2D eigenvalue weighted by molar-refractivity contribution is 0.222. The number of phenolic OH excluding ortho intramolecular Hbond substituents is 1. The molecule has 0 aromatic heterocycles. The summed E-state index contributed by atoms with van der Waals surface area (Å²) in [5.41, 5.74) is 3.36. The molecule has 20 heavy (non-hydrogen) atoms. The van der Waals surface area contributed by atoms with Crippen LogP contribution < -0.4 is 10.2 Å². The third-order valence-electron chi connectivity index (χ3n) is 3.91. The molecule has 0 fully saturated rings. The number of hydrogen-bond acceptors (Lipinski definition) is 4. The fourth-order valence-electron chi connectivity index (χ4n) is 2.51. The molecule has 4 nitrogen and oxygen atoms in total. The molecule has 0 radical (unpaired) electrons. The molecule has 1 aromatic rings. The molecule has 2 N–H and O–H groups in total. The molecule has 0 saturated heterocycles. The first-order valence-electron chi connectivity index (χ1n) is 7.07. The molecular formula is C16H24N2O2. The van der Waals surface area contributed by atoms with E-state index in [0.717, 1.165) is 37.4 Å². The van der Waals surface area contributed by atoms with Gasteiger partial charge in [-0.2, -0.15) is 0 Å². The van der Waals surface area contributed by atoms with E-state index in [4.69, 9.17) is 4.74 Å². The van der Waals surface area contributed by atoms with Crippen LogP contribution in [-0.4, -0.2) is 39.0 Å². The fraction of sp³-hybridized carbons (Fsp3) is 0.500. The second-order valence-electron chi connectivity index (χ2n) is 5.24. The van der Waals surface area contributed by atoms with Gasteiger partial charge in [0.25, 0.3) is 0 Å². The number of aromatic hydroxyl groups is 1. The van der Waals surface area contributed by atoms with Crippen LogP contribution in [-0.2, 0) is 4.74 Å². The van der Waals surface area contributed by atoms with Crippen molar-refractivity contribution >= 4 is 5.69 Å². The molecule has 0 aliphatic carbocycles. The fourth-order valence-corrected chi connectivity index (χ4v) is 2.51. The van der Waals surface area contributed by atoms with E-state index in [1.807, 2.05) is 26.1 Å². The van der Waals surface area contributed by atoms with Gasteiger partial charge >= 0.3 is 0 Å². The lowest BCUT2D eigenvalue weighted by atomic mass is 10.0. The Bertz CT molecular complexity index is 485. The lowest BCUT2D eigenvalue weighted by Gasteiger charge is -2.29. The molecular weight excluding hydrogens is 252 g/mol. The molecule has 0 amide bonds. The van der Waals surface area contributed by atoms with Gasteiger partial charge in [0.05, 0.1) is 6.61 Å². The zero-order valence-corrected chi connectivity index (χ0v) is 12.5. The van der Waals surface area contributed by atoms with Crippen LogP contribution in [0.2, 0.25) is 0 Å². The molecule has 1 atom stereocenters. The first-order valence-corrected chi connectivity index (χ1v) is 7.07. The van der Waals surface area contributed by atoms with E-state index >= 15 is 0 Å². The van der Waals surface area contributed by atoms with Crippen molar-refractivity contribution in [1.29, 1.82) is 0 Å². The largest absolute Gasteiger partial charge is 0.508 e. The van der Waals surface area contributed by atoms with Crippen LogP contribution in [0, 0.1) is 0 Å². The van der Waals surface area contributed by atoms with E-state index in [-0.39, 0.29) is 6.04 Å². The Morgan fingerprint density at radius 3 is 2.80 bits per heavy atom. The van der Waals surface area contributed by atoms with Gasteiger partial charge in [-0.1, -0.05) is 12.1 Å². The summed E-state index contributed by atoms with van der Waals surface area (Å²) in [7, 11) is 3.62. The molecule has 1 aliphatic heterocycles. The summed E-state index contributed by atoms with van der Waals surface area (Å²) in [5, 5.41) is 13.3. The molecule has 4 heteroatoms. The Morgan fingerprint density at radius 2 is 2.25 bits per heavy atom. The topological polar surface area (TPSA) is 44.7 Å². The van der Waals surface area contributed by atoms with Gasteiger partial charge in [0.15, 0.2) is 0 Å². The lowest BCUT2D eigenvalue weighted by Crippen LogP contribution is -2.29. The molecule has 0 saturated carbocycles. The number of anilines is 1. The maximum atomic E-state index is 10.2. The number of phenols is 1. The van der Waals surface area contributed by atoms with Crippen molar-refractivity contribution in [2.24, 2.45) is 0 Å². The minimum atomic E-state index is 0.151. The van der Waals surface area contributed by atoms with Gasteiger partial charge in [-0.15, -0.1) is 0 Å². The highest BCUT2D eigenvalue weighted by Gasteiger charge is 2.15. The summed E-state index contributed by atoms with van der Waals surface area (Å²) in [6, 6.07) is 6.09. The first kappa shape index (κ1) is 14.9. The summed E-state index contributed by atoms with van der Waals surface area (Å²) in [6.07, 6.45) is 3.23. The Labute approximate surface area is 121 Å². The predicted molar refractivity (Wildman–Crippen MR) is 82.4 cm³/mol. The standard InChI is InChI=1S/C16H24N2O2/c1-12(17-2)15-5-4-14(10-16(15)19)18-8-6-13(7-9-18)11-20-3/h4-6,10,12,17,19H,7-9,11H2,1-3H3. The van der Waals surface area contributed by atoms with Crippen molar-refractivity contribution in [3.63, 3.8) is 0 Å². The summed E-state index contributed by atoms with van der Waals surface area (Å²) in [5.74, 6) is 0.357. The van der Waals surface area contributed by atoms with Crippen molar-refractivity contribution in [2.75, 3.05) is 38.8 Å². The zero-order chi connectivity index (χ0) is 14.5. The van der Waals surface area contributed by atoms with E-state index in [1.54, 1.807) is 7.11 Å². The first-order chi connectivity index (χ1) is 9.65. The van der Waals surface area contributed by atoms with Crippen LogP contribution in [0.1, 0.15) is 24.9 Å². The van der Waals surface area contributed by atoms with Crippen molar-refractivity contribution in [2.45, 2.75) is 19.4 Å². The van der Waals surface area contributed by atoms with Gasteiger partial charge < -0.3 is 20.1 Å². The van der Waals surface area contributed by atoms with Crippen LogP contribution >= 0.6 is 0 Å². The van der Waals surface area contributed by atoms with Gasteiger partial charge in [-0.05, 0) is 32.0 Å². The molecule has 2 rings (SSSR count). The highest BCUT2D eigenvalue weighted by molar-refractivity contribution is 5.55. The maximum absolute atomic E-state index is 10.2. The van der Waals surface area contributed by atoms with Crippen LogP contribution in [0.5, 0.6) is 5.75 Å². The molecule has 0 spiro atoms. The van der Waals surface area contributed by atoms with Gasteiger partial charge in [-0.3, -0.25) is 0 Å². The Kier molecular flexibility index (Phi) is 5.04. The molecule has 1 heterocycles. The monoisotopic (exact) mass is 276 g/mol. The maximum Gasteiger partial charge on any atom is 0.122 e. The Balaban J connectivity index is 2.09. The SMILES string of the molecule is CNC(C)c1ccc(N2CC=C(COC)CC2)cc1O. The van der Waals surface area contributed by atoms with E-state index in [9.17, 15) is 5.11 Å². The molecule has 0 bridgehead atoms. The third-order valence-corrected chi connectivity index (χ3v) is 3.91. The van der Waals surface area contributed by atoms with Crippen LogP contribution in [0.15, 0.2) is 29.8 Å². The smallest absolute Gasteiger partial charge is 0.122 e. The van der Waals surface area contributed by atoms with Gasteiger partial charge in [0.1, 0.15) is 5.75 Å². The zero-order valence-electron chi connectivity index (χ0n) is 12.5. The Hall–Kier alpha value is -1.52. The third kappa shape index (κ3) is 3.32. The molecule has 110 valence electrons. The quantitative estimate of drug-likeness (QED) is 0.811. The van der Waals surface area contributed by atoms with Crippen LogP contribution in [0.3, 0.4) is 0 Å². The summed E-state index contributed by atoms with van der Waals surface area (Å²) >= 11 is 0. The molecule has 1 aliphatic rings. The van der Waals surface area contributed by atoms with Gasteiger partial charge in [0.2, 0.25) is 0 Å². The van der Waals surface area contributed by atoms with Crippen molar-refractivity contribution in [3.8, 4) is 5.75 Å². The molecule has 1 unspecified atom stereocenters. The van der Waals surface area contributed by atoms with Crippen molar-refractivity contribution in [1.82, 2.24) is 5.32 Å². The second-order valence-corrected chi connectivity index (χ2v) is 5.24. The second kappa shape index (κ2) is 6.77. The number of rotatable bonds is 5. The highest BCUT2D eigenvalue weighted by Crippen LogP contribution is 2.30. The number of benzene rings is 1. The minimum Gasteiger partial charge on any atom is -0.508 e. The molecule has 1 aromatic carbocycles. The summed E-state index contributed by atoms with van der Waals surface area (Å²) < 4.78 is 5.16. The van der Waals surface area contributed by atoms with E-state index in [2.05, 4.69) is 22.4 Å². The van der Waals surface area contributed by atoms with E-state index in [1.165, 1.54) is 5.57 Å². The van der Waals surface area contributed by atoms with Gasteiger partial charge in [-0.25, -0.2) is 0 Å². The average molecular weight is 276 g/mol. The van der Waals surface area contributed by atoms with Crippen LogP contribution in [0.25, 0.3) is 0 Å². The van der Waals surface area contributed by atoms with Crippen molar-refractivity contribution in [3.05, 3.63) is 35.4 Å². The van der Waals surface area contributed by atoms with Gasteiger partial charge in [0, 0.05) is 43.6 Å². The predicted octanol–water partition coefficient (Wildman–Crippen LogP) is 2.46. The average Bonchev–Trinajstić information content (AvgIpc) is 2.47. The number of methoxy groups -OCH3 is 1. The van der Waals surface area contributed by atoms with Crippen molar-refractivity contribution < 1.29 is 9.84 Å². The summed E-state index contributed by atoms with van der Waals surface area (Å²) in [6.45, 7) is 4.60. The Morgan fingerprint density at radius 1 is 1.45 bits per heavy atom. The summed E-state index contributed by atoms with van der Waals surface area (Å²) in [4.78, 5) is 2.27. The number of hydrogen-bond donors (Lipinski definition) is 2. The van der Waals surface area contributed by atoms with E-state index in [0.29, 0.717) is 5.75 Å². The minimum absolute atomic E-state index is 0.151. The van der Waals surface area contributed by atoms with E-state index < -0.39 is 0 Å². The number of nitrogens with zero attached hydrogens (tertiary/aromatic N) is 1. The number of ether oxygens (including phenoxy) is 1. The highest BCUT2D eigenvalue weighted by atomic mass is 16.5. The normalized spacial score (nSPS) is 16.9. The van der Waals surface area contributed by atoms with Crippen LogP contribution in [0.4, 0.5) is 5.69 Å². The number of nitrogens with one attached hydrogen (secondary N) is 1.